The van der Waals surface area contributed by atoms with E-state index in [1.807, 2.05) is 0 Å². The number of aliphatic hydroxyl groups is 1. The van der Waals surface area contributed by atoms with Crippen LogP contribution in [-0.2, 0) is 108 Å². The number of nitrogens with one attached hydrogen (secondary N) is 1. The summed E-state index contributed by atoms with van der Waals surface area (Å²) in [6, 6.07) is 15.9. The highest BCUT2D eigenvalue weighted by atomic mass is 35.6. The highest BCUT2D eigenvalue weighted by molar-refractivity contribution is 6.67. The van der Waals surface area contributed by atoms with Crippen molar-refractivity contribution in [2.24, 2.45) is 0 Å². The molecular weight excluding hydrogens is 1040 g/mol. The summed E-state index contributed by atoms with van der Waals surface area (Å²) in [6.45, 7) is 5.86. The van der Waals surface area contributed by atoms with Crippen molar-refractivity contribution in [1.29, 1.82) is 0 Å². The topological polar surface area (TPSA) is 281 Å². The first kappa shape index (κ1) is 59.0. The normalized spacial score (nSPS) is 30.2. The van der Waals surface area contributed by atoms with Crippen LogP contribution >= 0.6 is 34.8 Å². The largest absolute Gasteiger partial charge is 0.463 e. The van der Waals surface area contributed by atoms with Crippen LogP contribution in [0.15, 0.2) is 60.7 Å². The first-order valence-corrected chi connectivity index (χ1v) is 23.8. The summed E-state index contributed by atoms with van der Waals surface area (Å²) in [7, 11) is 0. The van der Waals surface area contributed by atoms with Crippen molar-refractivity contribution >= 4 is 76.7 Å². The predicted octanol–water partition coefficient (Wildman–Crippen LogP) is 3.43. The molecule has 23 nitrogen and oxygen atoms in total. The lowest BCUT2D eigenvalue weighted by Crippen LogP contribution is -2.70. The summed E-state index contributed by atoms with van der Waals surface area (Å²) in [5.74, 6) is -5.22. The van der Waals surface area contributed by atoms with Crippen LogP contribution in [0.4, 0.5) is 4.79 Å². The van der Waals surface area contributed by atoms with Gasteiger partial charge in [-0.2, -0.15) is 0 Å². The number of hydrogen-bond acceptors (Lipinski definition) is 22. The van der Waals surface area contributed by atoms with Crippen LogP contribution in [0.1, 0.15) is 59.6 Å². The van der Waals surface area contributed by atoms with E-state index in [0.29, 0.717) is 5.56 Å². The summed E-state index contributed by atoms with van der Waals surface area (Å²) >= 11 is 17.6. The standard InChI is InChI=1S/C47H58Cl3NO22/c1-23-35(65-25(3)53)39(67-27(5)55)41(62-19-31-16-12-9-13-17-31)44(64-23)72-36-32(20-60-18-30-14-10-8-11-15-30)70-43(58)34(51-46(59)63-22-47(48,49)50)38(36)73-45-42(69-29(7)57)40(68-28(6)56)37(66-26(4)54)33(71-45)21-61-24(2)52/h8-17,23,32-45,58H,18-22H2,1-7H3,(H,51,59)/t23-,32+,33+,34+,35+,36+,37-,38+,39+,40-,41-,42+,43+,44-,45-/m0/s1. The summed E-state index contributed by atoms with van der Waals surface area (Å²) in [6.07, 6.45) is -24.0. The maximum atomic E-state index is 13.6. The Kier molecular flexibility index (Phi) is 22.3. The number of ether oxygens (including phenoxy) is 14. The second-order valence-corrected chi connectivity index (χ2v) is 19.3. The Morgan fingerprint density at radius 3 is 1.58 bits per heavy atom. The molecular formula is C47H58Cl3NO22. The third-order valence-electron chi connectivity index (χ3n) is 10.9. The zero-order valence-corrected chi connectivity index (χ0v) is 42.9. The van der Waals surface area contributed by atoms with Gasteiger partial charge < -0.3 is 76.7 Å². The Labute approximate surface area is 434 Å². The fraction of sp³-hybridized carbons (Fsp3) is 0.596. The predicted molar refractivity (Wildman–Crippen MR) is 248 cm³/mol. The number of aliphatic hydroxyl groups excluding tert-OH is 1. The second-order valence-electron chi connectivity index (χ2n) is 16.8. The first-order chi connectivity index (χ1) is 34.5. The molecule has 1 amide bonds. The fourth-order valence-corrected chi connectivity index (χ4v) is 8.20. The molecule has 2 aromatic rings. The molecule has 3 fully saturated rings. The van der Waals surface area contributed by atoms with Crippen molar-refractivity contribution in [2.45, 2.75) is 158 Å². The van der Waals surface area contributed by atoms with E-state index in [2.05, 4.69) is 5.32 Å². The molecule has 0 aromatic heterocycles. The first-order valence-electron chi connectivity index (χ1n) is 22.7. The lowest BCUT2D eigenvalue weighted by molar-refractivity contribution is -0.374. The molecule has 0 aliphatic carbocycles. The number of hydrogen-bond donors (Lipinski definition) is 2. The Bertz CT molecular complexity index is 2170. The molecule has 0 spiro atoms. The molecule has 0 unspecified atom stereocenters. The third kappa shape index (κ3) is 18.2. The van der Waals surface area contributed by atoms with Crippen LogP contribution < -0.4 is 5.32 Å². The van der Waals surface area contributed by atoms with Crippen LogP contribution in [0.25, 0.3) is 0 Å². The minimum Gasteiger partial charge on any atom is -0.463 e. The Hall–Kier alpha value is -4.92. The van der Waals surface area contributed by atoms with E-state index < -0.39 is 158 Å². The SMILES string of the molecule is CC(=O)OC[C@H]1O[C@@H](O[C@@H]2[C@@H](NC(=O)OCC(Cl)(Cl)Cl)[C@H](O)O[C@H](COCc3ccccc3)[C@H]2O[C@@H]2O[C@@H](C)[C@@H](OC(C)=O)[C@@H](OC(C)=O)[C@@H]2OCc2ccccc2)[C@H](OC(C)=O)[C@@H](OC(C)=O)[C@H]1OC(C)=O. The molecule has 2 aromatic carbocycles. The number of esters is 6. The maximum absolute atomic E-state index is 13.6. The van der Waals surface area contributed by atoms with E-state index in [1.165, 1.54) is 6.92 Å². The van der Waals surface area contributed by atoms with E-state index in [4.69, 9.17) is 101 Å². The number of carbonyl (C=O) groups is 7. The minimum absolute atomic E-state index is 0.0157. The average Bonchev–Trinajstić information content (AvgIpc) is 3.30. The molecule has 3 aliphatic rings. The number of benzene rings is 2. The number of amides is 1. The van der Waals surface area contributed by atoms with Crippen molar-refractivity contribution < 1.29 is 105 Å². The van der Waals surface area contributed by atoms with Gasteiger partial charge in [0.1, 0.15) is 49.8 Å². The molecule has 0 radical (unpaired) electrons. The highest BCUT2D eigenvalue weighted by Gasteiger charge is 2.58. The molecule has 3 saturated heterocycles. The van der Waals surface area contributed by atoms with Crippen LogP contribution in [0.2, 0.25) is 0 Å². The molecule has 0 saturated carbocycles. The molecule has 2 N–H and O–H groups in total. The maximum Gasteiger partial charge on any atom is 0.407 e. The van der Waals surface area contributed by atoms with E-state index in [0.717, 1.165) is 47.1 Å². The molecule has 73 heavy (non-hydrogen) atoms. The summed E-state index contributed by atoms with van der Waals surface area (Å²) in [4.78, 5) is 89.3. The number of alkyl halides is 3. The molecule has 0 bridgehead atoms. The van der Waals surface area contributed by atoms with Crippen LogP contribution in [0, 0.1) is 0 Å². The van der Waals surface area contributed by atoms with Gasteiger partial charge in [-0.15, -0.1) is 0 Å². The lowest BCUT2D eigenvalue weighted by atomic mass is 9.94. The van der Waals surface area contributed by atoms with Gasteiger partial charge in [-0.05, 0) is 18.1 Å². The van der Waals surface area contributed by atoms with Gasteiger partial charge in [-0.25, -0.2) is 4.79 Å². The molecule has 26 heteroatoms. The molecule has 3 aliphatic heterocycles. The van der Waals surface area contributed by atoms with Gasteiger partial charge in [0.05, 0.1) is 25.9 Å². The lowest BCUT2D eigenvalue weighted by Gasteiger charge is -2.50. The van der Waals surface area contributed by atoms with Crippen LogP contribution in [-0.4, -0.2) is 163 Å². The van der Waals surface area contributed by atoms with Gasteiger partial charge in [0, 0.05) is 41.5 Å². The molecule has 15 atom stereocenters. The van der Waals surface area contributed by atoms with Crippen LogP contribution in [0.5, 0.6) is 0 Å². The van der Waals surface area contributed by atoms with E-state index in [9.17, 15) is 38.7 Å². The van der Waals surface area contributed by atoms with Gasteiger partial charge in [0.2, 0.25) is 3.79 Å². The van der Waals surface area contributed by atoms with Crippen molar-refractivity contribution in [3.05, 3.63) is 71.8 Å². The number of carbonyl (C=O) groups excluding carboxylic acids is 7. The zero-order valence-electron chi connectivity index (χ0n) is 40.6. The quantitative estimate of drug-likeness (QED) is 0.109. The molecule has 404 valence electrons. The second kappa shape index (κ2) is 27.6. The number of halogens is 3. The van der Waals surface area contributed by atoms with Gasteiger partial charge >= 0.3 is 41.9 Å². The van der Waals surface area contributed by atoms with Gasteiger partial charge in [0.25, 0.3) is 0 Å². The van der Waals surface area contributed by atoms with E-state index in [1.54, 1.807) is 60.7 Å². The molecule has 3 heterocycles. The Balaban J connectivity index is 1.69. The van der Waals surface area contributed by atoms with E-state index in [-0.39, 0.29) is 13.2 Å². The summed E-state index contributed by atoms with van der Waals surface area (Å²) in [5, 5.41) is 14.3. The van der Waals surface area contributed by atoms with E-state index >= 15 is 0 Å². The van der Waals surface area contributed by atoms with Gasteiger partial charge in [-0.1, -0.05) is 95.5 Å². The highest BCUT2D eigenvalue weighted by Crippen LogP contribution is 2.38. The number of rotatable bonds is 20. The Morgan fingerprint density at radius 2 is 1.03 bits per heavy atom. The smallest absolute Gasteiger partial charge is 0.407 e. The van der Waals surface area contributed by atoms with Crippen molar-refractivity contribution in [3.8, 4) is 0 Å². The number of alkyl carbamates (subject to hydrolysis) is 1. The van der Waals surface area contributed by atoms with Crippen molar-refractivity contribution in [1.82, 2.24) is 5.32 Å². The van der Waals surface area contributed by atoms with Gasteiger partial charge in [0.15, 0.2) is 49.4 Å². The van der Waals surface area contributed by atoms with Gasteiger partial charge in [-0.3, -0.25) is 28.8 Å². The summed E-state index contributed by atoms with van der Waals surface area (Å²) < 4.78 is 81.5. The Morgan fingerprint density at radius 1 is 0.548 bits per heavy atom. The zero-order chi connectivity index (χ0) is 53.6. The summed E-state index contributed by atoms with van der Waals surface area (Å²) in [5.41, 5.74) is 1.36. The van der Waals surface area contributed by atoms with Crippen molar-refractivity contribution in [2.75, 3.05) is 19.8 Å². The monoisotopic (exact) mass is 1090 g/mol. The average molecular weight is 1100 g/mol. The van der Waals surface area contributed by atoms with Crippen LogP contribution in [0.3, 0.4) is 0 Å². The molecule has 5 rings (SSSR count). The third-order valence-corrected chi connectivity index (χ3v) is 11.2. The minimum atomic E-state index is -2.11. The fourth-order valence-electron chi connectivity index (χ4n) is 8.04. The van der Waals surface area contributed by atoms with Crippen molar-refractivity contribution in [3.63, 3.8) is 0 Å².